The largest absolute Gasteiger partial charge is 0.350 e. The molecule has 2 atom stereocenters. The first-order chi connectivity index (χ1) is 9.11. The Bertz CT molecular complexity index is 385. The minimum absolute atomic E-state index is 0.0594. The van der Waals surface area contributed by atoms with Crippen molar-refractivity contribution in [2.45, 2.75) is 37.8 Å². The van der Waals surface area contributed by atoms with E-state index >= 15 is 0 Å². The minimum Gasteiger partial charge on any atom is -0.350 e. The van der Waals surface area contributed by atoms with Crippen molar-refractivity contribution >= 4 is 17.7 Å². The van der Waals surface area contributed by atoms with Gasteiger partial charge in [0.2, 0.25) is 17.7 Å². The third-order valence-corrected chi connectivity index (χ3v) is 3.73. The highest BCUT2D eigenvalue weighted by atomic mass is 16.2. The summed E-state index contributed by atoms with van der Waals surface area (Å²) in [5.74, 6) is -0.704. The van der Waals surface area contributed by atoms with Crippen molar-refractivity contribution in [3.63, 3.8) is 0 Å². The topological polar surface area (TPSA) is 105 Å². The number of hydrogen-bond donors (Lipinski definition) is 3. The molecule has 1 heterocycles. The van der Waals surface area contributed by atoms with Crippen LogP contribution in [-0.2, 0) is 14.4 Å². The average Bonchev–Trinajstić information content (AvgIpc) is 2.43. The fraction of sp³-hybridized carbons (Fsp3) is 0.750. The molecule has 0 aromatic rings. The molecule has 2 unspecified atom stereocenters. The lowest BCUT2D eigenvalue weighted by Crippen LogP contribution is -2.64. The maximum Gasteiger partial charge on any atom is 0.242 e. The molecule has 0 radical (unpaired) electrons. The molecule has 2 fully saturated rings. The first-order valence-corrected chi connectivity index (χ1v) is 6.67. The van der Waals surface area contributed by atoms with Gasteiger partial charge in [0.1, 0.15) is 0 Å². The Hall–Kier alpha value is -1.63. The quantitative estimate of drug-likeness (QED) is 0.569. The lowest BCUT2D eigenvalue weighted by atomic mass is 9.87. The van der Waals surface area contributed by atoms with Gasteiger partial charge in [0, 0.05) is 6.04 Å². The van der Waals surface area contributed by atoms with Crippen LogP contribution in [0.25, 0.3) is 0 Å². The molecule has 1 aliphatic carbocycles. The van der Waals surface area contributed by atoms with Crippen LogP contribution >= 0.6 is 0 Å². The molecule has 0 aromatic carbocycles. The fourth-order valence-electron chi connectivity index (χ4n) is 2.80. The third kappa shape index (κ3) is 3.23. The highest BCUT2D eigenvalue weighted by Crippen LogP contribution is 2.25. The van der Waals surface area contributed by atoms with Crippen LogP contribution in [0.3, 0.4) is 0 Å². The number of hydrogen-bond acceptors (Lipinski definition) is 4. The van der Waals surface area contributed by atoms with Crippen LogP contribution in [0, 0.1) is 0 Å². The van der Waals surface area contributed by atoms with Gasteiger partial charge >= 0.3 is 0 Å². The van der Waals surface area contributed by atoms with Crippen LogP contribution in [-0.4, -0.2) is 54.3 Å². The van der Waals surface area contributed by atoms with Gasteiger partial charge in [0.15, 0.2) is 0 Å². The molecule has 1 saturated heterocycles. The molecule has 0 spiro atoms. The van der Waals surface area contributed by atoms with Crippen LogP contribution < -0.4 is 16.4 Å². The zero-order valence-electron chi connectivity index (χ0n) is 10.9. The molecule has 0 bridgehead atoms. The van der Waals surface area contributed by atoms with E-state index in [1.807, 2.05) is 0 Å². The van der Waals surface area contributed by atoms with Gasteiger partial charge in [-0.25, -0.2) is 0 Å². The molecule has 19 heavy (non-hydrogen) atoms. The molecule has 7 heteroatoms. The SMILES string of the molecule is NCC(=O)NCC(=O)N1CC(=O)NC2CCCCC21. The summed E-state index contributed by atoms with van der Waals surface area (Å²) < 4.78 is 0. The summed E-state index contributed by atoms with van der Waals surface area (Å²) in [6.45, 7) is -0.148. The number of carbonyl (C=O) groups excluding carboxylic acids is 3. The van der Waals surface area contributed by atoms with Crippen LogP contribution in [0.5, 0.6) is 0 Å². The van der Waals surface area contributed by atoms with E-state index in [9.17, 15) is 14.4 Å². The van der Waals surface area contributed by atoms with Crippen LogP contribution in [0.2, 0.25) is 0 Å². The summed E-state index contributed by atoms with van der Waals surface area (Å²) >= 11 is 0. The van der Waals surface area contributed by atoms with Gasteiger partial charge in [-0.05, 0) is 12.8 Å². The number of nitrogens with zero attached hydrogens (tertiary/aromatic N) is 1. The summed E-state index contributed by atoms with van der Waals surface area (Å²) in [6.07, 6.45) is 3.96. The van der Waals surface area contributed by atoms with E-state index in [2.05, 4.69) is 10.6 Å². The molecule has 3 amide bonds. The van der Waals surface area contributed by atoms with Gasteiger partial charge in [0.05, 0.1) is 25.7 Å². The Morgan fingerprint density at radius 3 is 2.84 bits per heavy atom. The second kappa shape index (κ2) is 6.01. The number of nitrogens with one attached hydrogen (secondary N) is 2. The van der Waals surface area contributed by atoms with Crippen LogP contribution in [0.4, 0.5) is 0 Å². The van der Waals surface area contributed by atoms with Gasteiger partial charge in [-0.1, -0.05) is 12.8 Å². The summed E-state index contributed by atoms with van der Waals surface area (Å²) in [4.78, 5) is 36.4. The zero-order valence-corrected chi connectivity index (χ0v) is 10.9. The van der Waals surface area contributed by atoms with E-state index < -0.39 is 0 Å². The number of carbonyl (C=O) groups is 3. The van der Waals surface area contributed by atoms with Gasteiger partial charge in [-0.15, -0.1) is 0 Å². The van der Waals surface area contributed by atoms with Crippen molar-refractivity contribution in [1.82, 2.24) is 15.5 Å². The Morgan fingerprint density at radius 1 is 1.37 bits per heavy atom. The number of nitrogens with two attached hydrogens (primary N) is 1. The molecular formula is C12H20N4O3. The molecule has 2 aliphatic rings. The lowest BCUT2D eigenvalue weighted by molar-refractivity contribution is -0.144. The Balaban J connectivity index is 1.97. The maximum absolute atomic E-state index is 12.1. The average molecular weight is 268 g/mol. The van der Waals surface area contributed by atoms with E-state index in [1.54, 1.807) is 4.90 Å². The summed E-state index contributed by atoms with van der Waals surface area (Å²) in [5.41, 5.74) is 5.16. The van der Waals surface area contributed by atoms with Gasteiger partial charge in [-0.3, -0.25) is 14.4 Å². The Labute approximate surface area is 111 Å². The number of amides is 3. The number of piperazine rings is 1. The standard InChI is InChI=1S/C12H20N4O3/c13-5-10(17)14-6-12(19)16-7-11(18)15-8-3-1-2-4-9(8)16/h8-9H,1-7,13H2,(H,14,17)(H,15,18). The lowest BCUT2D eigenvalue weighted by Gasteiger charge is -2.43. The first kappa shape index (κ1) is 13.8. The van der Waals surface area contributed by atoms with Gasteiger partial charge in [-0.2, -0.15) is 0 Å². The van der Waals surface area contributed by atoms with Crippen molar-refractivity contribution in [1.29, 1.82) is 0 Å². The van der Waals surface area contributed by atoms with E-state index in [0.29, 0.717) is 0 Å². The van der Waals surface area contributed by atoms with Gasteiger partial charge in [0.25, 0.3) is 0 Å². The second-order valence-electron chi connectivity index (χ2n) is 5.03. The Morgan fingerprint density at radius 2 is 2.11 bits per heavy atom. The van der Waals surface area contributed by atoms with E-state index in [0.717, 1.165) is 25.7 Å². The fourth-order valence-corrected chi connectivity index (χ4v) is 2.80. The van der Waals surface area contributed by atoms with Crippen LogP contribution in [0.15, 0.2) is 0 Å². The Kier molecular flexibility index (Phi) is 4.36. The van der Waals surface area contributed by atoms with E-state index in [-0.39, 0.29) is 49.4 Å². The van der Waals surface area contributed by atoms with Gasteiger partial charge < -0.3 is 21.3 Å². The summed E-state index contributed by atoms with van der Waals surface area (Å²) in [6, 6.07) is 0.123. The molecule has 2 rings (SSSR count). The first-order valence-electron chi connectivity index (χ1n) is 6.67. The number of fused-ring (bicyclic) bond motifs is 1. The summed E-state index contributed by atoms with van der Waals surface area (Å²) in [7, 11) is 0. The highest BCUT2D eigenvalue weighted by Gasteiger charge is 2.38. The molecule has 0 aromatic heterocycles. The van der Waals surface area contributed by atoms with E-state index in [1.165, 1.54) is 0 Å². The van der Waals surface area contributed by atoms with E-state index in [4.69, 9.17) is 5.73 Å². The summed E-state index contributed by atoms with van der Waals surface area (Å²) in [5, 5.41) is 5.39. The molecule has 7 nitrogen and oxygen atoms in total. The second-order valence-corrected chi connectivity index (χ2v) is 5.03. The molecule has 4 N–H and O–H groups in total. The highest BCUT2D eigenvalue weighted by molar-refractivity contribution is 5.90. The monoisotopic (exact) mass is 268 g/mol. The predicted octanol–water partition coefficient (Wildman–Crippen LogP) is -1.67. The molecule has 1 aliphatic heterocycles. The maximum atomic E-state index is 12.1. The zero-order chi connectivity index (χ0) is 13.8. The normalized spacial score (nSPS) is 26.4. The van der Waals surface area contributed by atoms with Crippen LogP contribution in [0.1, 0.15) is 25.7 Å². The molecular weight excluding hydrogens is 248 g/mol. The van der Waals surface area contributed by atoms with Crippen molar-refractivity contribution < 1.29 is 14.4 Å². The smallest absolute Gasteiger partial charge is 0.242 e. The predicted molar refractivity (Wildman–Crippen MR) is 68.0 cm³/mol. The van der Waals surface area contributed by atoms with Crippen molar-refractivity contribution in [3.8, 4) is 0 Å². The third-order valence-electron chi connectivity index (χ3n) is 3.73. The van der Waals surface area contributed by atoms with Crippen molar-refractivity contribution in [3.05, 3.63) is 0 Å². The van der Waals surface area contributed by atoms with Crippen molar-refractivity contribution in [2.75, 3.05) is 19.6 Å². The molecule has 106 valence electrons. The number of rotatable bonds is 3. The minimum atomic E-state index is -0.366. The van der Waals surface area contributed by atoms with Crippen molar-refractivity contribution in [2.24, 2.45) is 5.73 Å². The molecule has 1 saturated carbocycles.